The van der Waals surface area contributed by atoms with E-state index in [1.165, 1.54) is 0 Å². The summed E-state index contributed by atoms with van der Waals surface area (Å²) in [5.74, 6) is 0.109. The van der Waals surface area contributed by atoms with Gasteiger partial charge in [-0.15, -0.1) is 0 Å². The van der Waals surface area contributed by atoms with Crippen molar-refractivity contribution in [2.75, 3.05) is 0 Å². The van der Waals surface area contributed by atoms with Crippen molar-refractivity contribution in [3.05, 3.63) is 59.7 Å². The molecule has 1 aromatic carbocycles. The van der Waals surface area contributed by atoms with Gasteiger partial charge in [0.2, 0.25) is 0 Å². The van der Waals surface area contributed by atoms with Crippen LogP contribution in [0.1, 0.15) is 36.5 Å². The van der Waals surface area contributed by atoms with Crippen molar-refractivity contribution in [3.8, 4) is 0 Å². The summed E-state index contributed by atoms with van der Waals surface area (Å²) in [4.78, 5) is 12.2. The molecule has 0 bridgehead atoms. The van der Waals surface area contributed by atoms with E-state index in [1.54, 1.807) is 0 Å². The van der Waals surface area contributed by atoms with E-state index < -0.39 is 0 Å². The van der Waals surface area contributed by atoms with Gasteiger partial charge in [0, 0.05) is 15.5 Å². The van der Waals surface area contributed by atoms with Gasteiger partial charge in [-0.2, -0.15) is 0 Å². The Balaban J connectivity index is 2.12. The van der Waals surface area contributed by atoms with Crippen LogP contribution in [-0.4, -0.2) is 10.1 Å². The van der Waals surface area contributed by atoms with E-state index in [0.717, 1.165) is 30.4 Å². The molecule has 0 fully saturated rings. The SMILES string of the molecule is CCCC1(Br)C=CC(C(=O)c2ccccc2)=CC1. The van der Waals surface area contributed by atoms with Crippen molar-refractivity contribution in [1.82, 2.24) is 0 Å². The summed E-state index contributed by atoms with van der Waals surface area (Å²) in [6.07, 6.45) is 9.21. The molecule has 18 heavy (non-hydrogen) atoms. The summed E-state index contributed by atoms with van der Waals surface area (Å²) in [6.45, 7) is 2.17. The number of allylic oxidation sites excluding steroid dienone is 4. The van der Waals surface area contributed by atoms with Gasteiger partial charge in [-0.1, -0.05) is 77.8 Å². The number of carbonyl (C=O) groups excluding carboxylic acids is 1. The average Bonchev–Trinajstić information content (AvgIpc) is 2.40. The molecule has 0 amide bonds. The zero-order valence-electron chi connectivity index (χ0n) is 10.5. The Morgan fingerprint density at radius 1 is 1.33 bits per heavy atom. The maximum absolute atomic E-state index is 12.2. The van der Waals surface area contributed by atoms with Gasteiger partial charge in [0.25, 0.3) is 0 Å². The first-order valence-electron chi connectivity index (χ1n) is 6.33. The number of Topliss-reactive ketones (excluding diaryl/α,β-unsaturated/α-hetero) is 1. The van der Waals surface area contributed by atoms with E-state index in [9.17, 15) is 4.79 Å². The minimum absolute atomic E-state index is 0.0439. The molecule has 0 radical (unpaired) electrons. The summed E-state index contributed by atoms with van der Waals surface area (Å²) < 4.78 is 0.0439. The lowest BCUT2D eigenvalue weighted by Gasteiger charge is -2.25. The van der Waals surface area contributed by atoms with Crippen molar-refractivity contribution in [2.45, 2.75) is 30.5 Å². The molecule has 94 valence electrons. The summed E-state index contributed by atoms with van der Waals surface area (Å²) in [6, 6.07) is 9.43. The number of hydrogen-bond acceptors (Lipinski definition) is 1. The lowest BCUT2D eigenvalue weighted by atomic mass is 9.90. The van der Waals surface area contributed by atoms with Crippen LogP contribution in [0, 0.1) is 0 Å². The molecule has 0 heterocycles. The van der Waals surface area contributed by atoms with E-state index in [0.29, 0.717) is 0 Å². The molecule has 1 aliphatic rings. The Bertz CT molecular complexity index is 487. The molecule has 0 N–H and O–H groups in total. The smallest absolute Gasteiger partial charge is 0.192 e. The monoisotopic (exact) mass is 304 g/mol. The number of benzene rings is 1. The Kier molecular flexibility index (Phi) is 4.18. The molecule has 1 nitrogen and oxygen atoms in total. The molecule has 0 aromatic heterocycles. The second kappa shape index (κ2) is 5.66. The average molecular weight is 305 g/mol. The van der Waals surface area contributed by atoms with Gasteiger partial charge in [0.15, 0.2) is 5.78 Å². The third-order valence-corrected chi connectivity index (χ3v) is 4.17. The highest BCUT2D eigenvalue weighted by atomic mass is 79.9. The predicted octanol–water partition coefficient (Wildman–Crippen LogP) is 4.69. The van der Waals surface area contributed by atoms with Crippen LogP contribution in [0.2, 0.25) is 0 Å². The molecule has 0 saturated carbocycles. The van der Waals surface area contributed by atoms with Crippen molar-refractivity contribution in [3.63, 3.8) is 0 Å². The number of rotatable bonds is 4. The van der Waals surface area contributed by atoms with Crippen molar-refractivity contribution in [2.24, 2.45) is 0 Å². The number of hydrogen-bond donors (Lipinski definition) is 0. The molecule has 1 aromatic rings. The zero-order chi connectivity index (χ0) is 13.0. The second-order valence-electron chi connectivity index (χ2n) is 4.68. The first-order chi connectivity index (χ1) is 8.64. The minimum atomic E-state index is 0.0439. The fourth-order valence-corrected chi connectivity index (χ4v) is 2.87. The molecule has 2 heteroatoms. The van der Waals surface area contributed by atoms with Gasteiger partial charge in [-0.05, 0) is 12.8 Å². The van der Waals surface area contributed by atoms with Gasteiger partial charge in [0.1, 0.15) is 0 Å². The van der Waals surface area contributed by atoms with Crippen LogP contribution in [0.4, 0.5) is 0 Å². The van der Waals surface area contributed by atoms with Crippen molar-refractivity contribution in [1.29, 1.82) is 0 Å². The van der Waals surface area contributed by atoms with E-state index in [1.807, 2.05) is 42.5 Å². The Morgan fingerprint density at radius 2 is 2.06 bits per heavy atom. The van der Waals surface area contributed by atoms with Gasteiger partial charge in [-0.25, -0.2) is 0 Å². The van der Waals surface area contributed by atoms with E-state index in [4.69, 9.17) is 0 Å². The molecule has 0 spiro atoms. The Labute approximate surface area is 117 Å². The molecular formula is C16H17BrO. The Morgan fingerprint density at radius 3 is 2.61 bits per heavy atom. The topological polar surface area (TPSA) is 17.1 Å². The third-order valence-electron chi connectivity index (χ3n) is 3.19. The minimum Gasteiger partial charge on any atom is -0.289 e. The zero-order valence-corrected chi connectivity index (χ0v) is 12.1. The quantitative estimate of drug-likeness (QED) is 0.582. The summed E-state index contributed by atoms with van der Waals surface area (Å²) >= 11 is 3.75. The molecular weight excluding hydrogens is 288 g/mol. The first-order valence-corrected chi connectivity index (χ1v) is 7.12. The van der Waals surface area contributed by atoms with Gasteiger partial charge in [-0.3, -0.25) is 4.79 Å². The lowest BCUT2D eigenvalue weighted by molar-refractivity contribution is 0.103. The van der Waals surface area contributed by atoms with Crippen LogP contribution >= 0.6 is 15.9 Å². The largest absolute Gasteiger partial charge is 0.289 e. The Hall–Kier alpha value is -1.15. The summed E-state index contributed by atoms with van der Waals surface area (Å²) in [5, 5.41) is 0. The van der Waals surface area contributed by atoms with E-state index in [-0.39, 0.29) is 10.1 Å². The second-order valence-corrected chi connectivity index (χ2v) is 6.26. The number of carbonyl (C=O) groups is 1. The number of alkyl halides is 1. The highest BCUT2D eigenvalue weighted by Crippen LogP contribution is 2.34. The molecule has 0 saturated heterocycles. The normalized spacial score (nSPS) is 22.7. The summed E-state index contributed by atoms with van der Waals surface area (Å²) in [7, 11) is 0. The van der Waals surface area contributed by atoms with E-state index >= 15 is 0 Å². The summed E-state index contributed by atoms with van der Waals surface area (Å²) in [5.41, 5.74) is 1.55. The van der Waals surface area contributed by atoms with Crippen molar-refractivity contribution >= 4 is 21.7 Å². The maximum Gasteiger partial charge on any atom is 0.192 e. The fraction of sp³-hybridized carbons (Fsp3) is 0.312. The molecule has 2 rings (SSSR count). The van der Waals surface area contributed by atoms with Crippen LogP contribution in [0.15, 0.2) is 54.1 Å². The molecule has 0 aliphatic heterocycles. The fourth-order valence-electron chi connectivity index (χ4n) is 2.18. The maximum atomic E-state index is 12.2. The highest BCUT2D eigenvalue weighted by molar-refractivity contribution is 9.10. The van der Waals surface area contributed by atoms with Gasteiger partial charge < -0.3 is 0 Å². The highest BCUT2D eigenvalue weighted by Gasteiger charge is 2.25. The van der Waals surface area contributed by atoms with Gasteiger partial charge in [0.05, 0.1) is 0 Å². The first kappa shape index (κ1) is 13.3. The predicted molar refractivity (Wildman–Crippen MR) is 79.2 cm³/mol. The third kappa shape index (κ3) is 2.99. The van der Waals surface area contributed by atoms with Crippen LogP contribution < -0.4 is 0 Å². The van der Waals surface area contributed by atoms with Crippen LogP contribution in [0.5, 0.6) is 0 Å². The number of ketones is 1. The van der Waals surface area contributed by atoms with Gasteiger partial charge >= 0.3 is 0 Å². The van der Waals surface area contributed by atoms with Crippen LogP contribution in [0.3, 0.4) is 0 Å². The van der Waals surface area contributed by atoms with Crippen LogP contribution in [-0.2, 0) is 0 Å². The molecule has 1 unspecified atom stereocenters. The lowest BCUT2D eigenvalue weighted by Crippen LogP contribution is -2.20. The number of halogens is 1. The van der Waals surface area contributed by atoms with E-state index in [2.05, 4.69) is 28.9 Å². The molecule has 1 atom stereocenters. The van der Waals surface area contributed by atoms with Crippen LogP contribution in [0.25, 0.3) is 0 Å². The molecule has 1 aliphatic carbocycles. The van der Waals surface area contributed by atoms with Crippen molar-refractivity contribution < 1.29 is 4.79 Å². The standard InChI is InChI=1S/C16H17BrO/c1-2-10-16(17)11-8-14(9-12-16)15(18)13-6-4-3-5-7-13/h3-9,11H,2,10,12H2,1H3.